The third-order valence-electron chi connectivity index (χ3n) is 4.58. The fourth-order valence-corrected chi connectivity index (χ4v) is 3.47. The average Bonchev–Trinajstić information content (AvgIpc) is 3.13. The van der Waals surface area contributed by atoms with Crippen LogP contribution in [0.1, 0.15) is 39.1 Å². The predicted molar refractivity (Wildman–Crippen MR) is 128 cm³/mol. The molecule has 3 N–H and O–H groups in total. The number of amides is 1. The first-order valence-corrected chi connectivity index (χ1v) is 11.2. The normalized spacial score (nSPS) is 11.5. The van der Waals surface area contributed by atoms with Crippen LogP contribution >= 0.6 is 11.6 Å². The predicted octanol–water partition coefficient (Wildman–Crippen LogP) is 4.24. The number of carbonyl (C=O) groups is 1. The first-order chi connectivity index (χ1) is 15.2. The highest BCUT2D eigenvalue weighted by Crippen LogP contribution is 2.33. The van der Waals surface area contributed by atoms with E-state index in [1.165, 1.54) is 0 Å². The largest absolute Gasteiger partial charge is 0.490 e. The second-order valence-corrected chi connectivity index (χ2v) is 8.94. The number of rotatable bonds is 10. The molecule has 0 spiro atoms. The Morgan fingerprint density at radius 2 is 1.91 bits per heavy atom. The Morgan fingerprint density at radius 3 is 2.62 bits per heavy atom. The third-order valence-corrected chi connectivity index (χ3v) is 4.93. The molecule has 0 fully saturated rings. The van der Waals surface area contributed by atoms with Crippen molar-refractivity contribution >= 4 is 28.5 Å². The van der Waals surface area contributed by atoms with Crippen LogP contribution in [-0.2, 0) is 17.8 Å². The van der Waals surface area contributed by atoms with E-state index in [-0.39, 0.29) is 18.1 Å². The van der Waals surface area contributed by atoms with Crippen LogP contribution in [0, 0.1) is 0 Å². The topological polar surface area (TPSA) is 88.3 Å². The molecule has 3 aromatic rings. The van der Waals surface area contributed by atoms with Gasteiger partial charge in [0.05, 0.1) is 17.6 Å². The van der Waals surface area contributed by atoms with E-state index in [1.54, 1.807) is 6.07 Å². The summed E-state index contributed by atoms with van der Waals surface area (Å²) in [5.41, 5.74) is 2.59. The van der Waals surface area contributed by atoms with Crippen molar-refractivity contribution < 1.29 is 14.3 Å². The van der Waals surface area contributed by atoms with Gasteiger partial charge in [-0.15, -0.1) is 0 Å². The quantitative estimate of drug-likeness (QED) is 0.395. The van der Waals surface area contributed by atoms with Crippen LogP contribution in [0.25, 0.3) is 11.0 Å². The van der Waals surface area contributed by atoms with Gasteiger partial charge in [0, 0.05) is 36.1 Å². The number of ether oxygens (including phenoxy) is 2. The summed E-state index contributed by atoms with van der Waals surface area (Å²) in [6.07, 6.45) is 0.773. The molecule has 0 saturated heterocycles. The Morgan fingerprint density at radius 1 is 1.16 bits per heavy atom. The fourth-order valence-electron chi connectivity index (χ4n) is 3.25. The number of hydrogen-bond donors (Lipinski definition) is 3. The molecule has 172 valence electrons. The molecule has 32 heavy (non-hydrogen) atoms. The third kappa shape index (κ3) is 6.87. The summed E-state index contributed by atoms with van der Waals surface area (Å²) < 4.78 is 11.4. The number of para-hydroxylation sites is 2. The second-order valence-electron chi connectivity index (χ2n) is 8.54. The highest BCUT2D eigenvalue weighted by Gasteiger charge is 2.16. The number of aromatic amines is 1. The SMILES string of the molecule is CCOc1cc(CNCCc2nc3ccccc3[nH]2)c(Cl)cc1OCC(=O)NC(C)(C)C. The van der Waals surface area contributed by atoms with E-state index in [0.717, 1.165) is 35.4 Å². The molecule has 0 atom stereocenters. The van der Waals surface area contributed by atoms with Gasteiger partial charge in [0.1, 0.15) is 5.82 Å². The zero-order valence-corrected chi connectivity index (χ0v) is 19.8. The van der Waals surface area contributed by atoms with E-state index in [0.29, 0.717) is 29.7 Å². The molecule has 1 amide bonds. The Hall–Kier alpha value is -2.77. The summed E-state index contributed by atoms with van der Waals surface area (Å²) in [5.74, 6) is 1.76. The molecule has 0 radical (unpaired) electrons. The number of halogens is 1. The van der Waals surface area contributed by atoms with Crippen molar-refractivity contribution in [3.8, 4) is 11.5 Å². The molecule has 0 aliphatic rings. The van der Waals surface area contributed by atoms with Gasteiger partial charge >= 0.3 is 0 Å². The maximum Gasteiger partial charge on any atom is 0.258 e. The van der Waals surface area contributed by atoms with Gasteiger partial charge in [-0.2, -0.15) is 0 Å². The monoisotopic (exact) mass is 458 g/mol. The number of aromatic nitrogens is 2. The molecular weight excluding hydrogens is 428 g/mol. The molecule has 0 bridgehead atoms. The van der Waals surface area contributed by atoms with Crippen molar-refractivity contribution in [2.45, 2.75) is 46.2 Å². The van der Waals surface area contributed by atoms with E-state index in [1.807, 2.05) is 58.0 Å². The van der Waals surface area contributed by atoms with Crippen LogP contribution in [0.2, 0.25) is 5.02 Å². The molecule has 0 aliphatic carbocycles. The maximum absolute atomic E-state index is 12.1. The Kier molecular flexibility index (Phi) is 7.99. The number of fused-ring (bicyclic) bond motifs is 1. The van der Waals surface area contributed by atoms with E-state index < -0.39 is 0 Å². The molecule has 0 unspecified atom stereocenters. The molecule has 1 aromatic heterocycles. The first kappa shape index (κ1) is 23.9. The fraction of sp³-hybridized carbons (Fsp3) is 0.417. The number of nitrogens with one attached hydrogen (secondary N) is 3. The number of nitrogens with zero attached hydrogens (tertiary/aromatic N) is 1. The van der Waals surface area contributed by atoms with Gasteiger partial charge in [0.25, 0.3) is 5.91 Å². The molecule has 1 heterocycles. The number of H-pyrrole nitrogens is 1. The minimum atomic E-state index is -0.321. The smallest absolute Gasteiger partial charge is 0.258 e. The van der Waals surface area contributed by atoms with Gasteiger partial charge in [0.15, 0.2) is 18.1 Å². The Labute approximate surface area is 193 Å². The summed E-state index contributed by atoms with van der Waals surface area (Å²) in [5, 5.41) is 6.81. The van der Waals surface area contributed by atoms with Crippen LogP contribution in [-0.4, -0.2) is 41.2 Å². The lowest BCUT2D eigenvalue weighted by molar-refractivity contribution is -0.124. The summed E-state index contributed by atoms with van der Waals surface area (Å²) >= 11 is 6.48. The van der Waals surface area contributed by atoms with Gasteiger partial charge in [-0.25, -0.2) is 4.98 Å². The molecular formula is C24H31ClN4O3. The summed E-state index contributed by atoms with van der Waals surface area (Å²) in [6.45, 7) is 9.34. The van der Waals surface area contributed by atoms with Crippen molar-refractivity contribution in [1.29, 1.82) is 0 Å². The van der Waals surface area contributed by atoms with Crippen molar-refractivity contribution in [3.63, 3.8) is 0 Å². The van der Waals surface area contributed by atoms with E-state index in [2.05, 4.69) is 20.6 Å². The lowest BCUT2D eigenvalue weighted by Crippen LogP contribution is -2.43. The van der Waals surface area contributed by atoms with E-state index in [9.17, 15) is 4.79 Å². The minimum absolute atomic E-state index is 0.108. The number of benzene rings is 2. The Balaban J connectivity index is 1.57. The number of imidazole rings is 1. The molecule has 0 aliphatic heterocycles. The van der Waals surface area contributed by atoms with Gasteiger partial charge < -0.3 is 25.1 Å². The number of carbonyl (C=O) groups excluding carboxylic acids is 1. The van der Waals surface area contributed by atoms with Crippen molar-refractivity contribution in [1.82, 2.24) is 20.6 Å². The first-order valence-electron chi connectivity index (χ1n) is 10.8. The maximum atomic E-state index is 12.1. The molecule has 7 nitrogen and oxygen atoms in total. The second kappa shape index (κ2) is 10.7. The summed E-state index contributed by atoms with van der Waals surface area (Å²) in [4.78, 5) is 20.0. The average molecular weight is 459 g/mol. The van der Waals surface area contributed by atoms with Gasteiger partial charge in [-0.05, 0) is 51.5 Å². The minimum Gasteiger partial charge on any atom is -0.490 e. The van der Waals surface area contributed by atoms with Crippen LogP contribution in [0.4, 0.5) is 0 Å². The van der Waals surface area contributed by atoms with E-state index >= 15 is 0 Å². The molecule has 8 heteroatoms. The molecule has 2 aromatic carbocycles. The van der Waals surface area contributed by atoms with Crippen molar-refractivity contribution in [2.75, 3.05) is 19.8 Å². The summed E-state index contributed by atoms with van der Waals surface area (Å²) in [7, 11) is 0. The van der Waals surface area contributed by atoms with Gasteiger partial charge in [-0.1, -0.05) is 23.7 Å². The van der Waals surface area contributed by atoms with Crippen LogP contribution in [0.5, 0.6) is 11.5 Å². The standard InChI is InChI=1S/C24H31ClN4O3/c1-5-31-20-12-16(17(25)13-21(20)32-15-23(30)29-24(2,3)4)14-26-11-10-22-27-18-8-6-7-9-19(18)28-22/h6-9,12-13,26H,5,10-11,14-15H2,1-4H3,(H,27,28)(H,29,30). The Bertz CT molecular complexity index is 1030. The zero-order valence-electron chi connectivity index (χ0n) is 19.0. The summed E-state index contributed by atoms with van der Waals surface area (Å²) in [6, 6.07) is 11.5. The van der Waals surface area contributed by atoms with Crippen molar-refractivity contribution in [3.05, 3.63) is 52.8 Å². The van der Waals surface area contributed by atoms with Crippen LogP contribution in [0.15, 0.2) is 36.4 Å². The van der Waals surface area contributed by atoms with Gasteiger partial charge in [-0.3, -0.25) is 4.79 Å². The van der Waals surface area contributed by atoms with Crippen molar-refractivity contribution in [2.24, 2.45) is 0 Å². The lowest BCUT2D eigenvalue weighted by Gasteiger charge is -2.21. The van der Waals surface area contributed by atoms with Gasteiger partial charge in [0.2, 0.25) is 0 Å². The molecule has 0 saturated carbocycles. The highest BCUT2D eigenvalue weighted by atomic mass is 35.5. The zero-order chi connectivity index (χ0) is 23.1. The van der Waals surface area contributed by atoms with E-state index in [4.69, 9.17) is 21.1 Å². The molecule has 3 rings (SSSR count). The highest BCUT2D eigenvalue weighted by molar-refractivity contribution is 6.31. The van der Waals surface area contributed by atoms with Crippen LogP contribution in [0.3, 0.4) is 0 Å². The lowest BCUT2D eigenvalue weighted by atomic mass is 10.1. The van der Waals surface area contributed by atoms with Crippen LogP contribution < -0.4 is 20.1 Å². The number of hydrogen-bond acceptors (Lipinski definition) is 5.